The molecule has 1 atom stereocenters. The zero-order chi connectivity index (χ0) is 25.4. The van der Waals surface area contributed by atoms with E-state index in [1.54, 1.807) is 11.8 Å². The van der Waals surface area contributed by atoms with Gasteiger partial charge in [-0.2, -0.15) is 0 Å². The van der Waals surface area contributed by atoms with E-state index in [1.165, 1.54) is 0 Å². The number of thioether (sulfide) groups is 1. The Morgan fingerprint density at radius 2 is 1.84 bits per heavy atom. The van der Waals surface area contributed by atoms with E-state index in [0.717, 1.165) is 67.9 Å². The van der Waals surface area contributed by atoms with Crippen LogP contribution in [0.3, 0.4) is 0 Å². The van der Waals surface area contributed by atoms with Gasteiger partial charge in [-0.3, -0.25) is 9.78 Å². The smallest absolute Gasteiger partial charge is 0.167 e. The van der Waals surface area contributed by atoms with E-state index < -0.39 is 0 Å². The van der Waals surface area contributed by atoms with Crippen LogP contribution in [-0.2, 0) is 19.6 Å². The monoisotopic (exact) mass is 524 g/mol. The molecule has 184 valence electrons. The molecule has 5 aromatic rings. The van der Waals surface area contributed by atoms with Gasteiger partial charge in [-0.25, -0.2) is 0 Å². The minimum atomic E-state index is 0.341. The summed E-state index contributed by atoms with van der Waals surface area (Å²) in [5.74, 6) is 0.857. The van der Waals surface area contributed by atoms with Crippen molar-refractivity contribution in [3.05, 3.63) is 113 Å². The average molecular weight is 525 g/mol. The molecule has 4 nitrogen and oxygen atoms in total. The van der Waals surface area contributed by atoms with Gasteiger partial charge in [0.2, 0.25) is 0 Å². The van der Waals surface area contributed by atoms with Crippen LogP contribution in [0.4, 0.5) is 0 Å². The lowest BCUT2D eigenvalue weighted by Crippen LogP contribution is -2.09. The first-order chi connectivity index (χ1) is 18.1. The fraction of sp³-hybridized carbons (Fsp3) is 0.161. The van der Waals surface area contributed by atoms with Crippen molar-refractivity contribution in [2.24, 2.45) is 0 Å². The molecule has 0 saturated carbocycles. The molecule has 0 saturated heterocycles. The number of ether oxygens (including phenoxy) is 1. The maximum Gasteiger partial charge on any atom is 0.167 e. The number of halogens is 1. The summed E-state index contributed by atoms with van der Waals surface area (Å²) < 4.78 is 8.45. The van der Waals surface area contributed by atoms with Crippen LogP contribution in [0.5, 0.6) is 5.75 Å². The normalized spacial score (nSPS) is 14.6. The Labute approximate surface area is 225 Å². The molecule has 6 heteroatoms. The molecule has 0 amide bonds. The van der Waals surface area contributed by atoms with Gasteiger partial charge >= 0.3 is 0 Å². The predicted molar refractivity (Wildman–Crippen MR) is 151 cm³/mol. The van der Waals surface area contributed by atoms with E-state index in [-0.39, 0.29) is 0 Å². The highest BCUT2D eigenvalue weighted by atomic mass is 35.5. The number of aromatic nitrogens is 2. The van der Waals surface area contributed by atoms with Crippen LogP contribution in [0.15, 0.2) is 90.0 Å². The quantitative estimate of drug-likeness (QED) is 0.203. The van der Waals surface area contributed by atoms with Crippen LogP contribution in [0, 0.1) is 0 Å². The summed E-state index contributed by atoms with van der Waals surface area (Å²) in [5, 5.41) is 2.17. The van der Waals surface area contributed by atoms with E-state index in [2.05, 4.69) is 40.7 Å². The Bertz CT molecular complexity index is 1580. The third kappa shape index (κ3) is 4.65. The molecule has 1 unspecified atom stereocenters. The summed E-state index contributed by atoms with van der Waals surface area (Å²) in [6, 6.07) is 26.2. The number of aldehydes is 1. The summed E-state index contributed by atoms with van der Waals surface area (Å²) in [6.45, 7) is 3.19. The summed E-state index contributed by atoms with van der Waals surface area (Å²) >= 11 is 7.85. The van der Waals surface area contributed by atoms with E-state index in [0.29, 0.717) is 23.4 Å². The molecule has 0 bridgehead atoms. The van der Waals surface area contributed by atoms with Crippen molar-refractivity contribution in [2.45, 2.75) is 36.6 Å². The molecular weight excluding hydrogens is 500 g/mol. The first kappa shape index (κ1) is 23.8. The Balaban J connectivity index is 1.32. The van der Waals surface area contributed by atoms with Gasteiger partial charge in [0.15, 0.2) is 6.29 Å². The Morgan fingerprint density at radius 3 is 2.57 bits per heavy atom. The van der Waals surface area contributed by atoms with Gasteiger partial charge in [-0.1, -0.05) is 67.1 Å². The van der Waals surface area contributed by atoms with Crippen molar-refractivity contribution in [1.29, 1.82) is 0 Å². The van der Waals surface area contributed by atoms with E-state index in [1.807, 2.05) is 60.8 Å². The van der Waals surface area contributed by atoms with Gasteiger partial charge in [-0.15, -0.1) is 11.8 Å². The first-order valence-electron chi connectivity index (χ1n) is 12.3. The largest absolute Gasteiger partial charge is 0.487 e. The van der Waals surface area contributed by atoms with Gasteiger partial charge in [0.05, 0.1) is 16.9 Å². The first-order valence-corrected chi connectivity index (χ1v) is 13.5. The molecule has 0 N–H and O–H groups in total. The number of rotatable bonds is 7. The van der Waals surface area contributed by atoms with Crippen molar-refractivity contribution in [3.63, 3.8) is 0 Å². The second-order valence-corrected chi connectivity index (χ2v) is 11.2. The third-order valence-electron chi connectivity index (χ3n) is 6.77. The molecule has 3 heterocycles. The lowest BCUT2D eigenvalue weighted by Gasteiger charge is -2.21. The zero-order valence-corrected chi connectivity index (χ0v) is 21.9. The molecule has 1 aliphatic rings. The maximum atomic E-state index is 12.3. The van der Waals surface area contributed by atoms with Crippen molar-refractivity contribution in [3.8, 4) is 16.9 Å². The van der Waals surface area contributed by atoms with Crippen LogP contribution in [0.1, 0.15) is 34.2 Å². The number of hydrogen-bond acceptors (Lipinski definition) is 4. The summed E-state index contributed by atoms with van der Waals surface area (Å²) in [5.41, 5.74) is 7.14. The van der Waals surface area contributed by atoms with Gasteiger partial charge in [0, 0.05) is 44.4 Å². The van der Waals surface area contributed by atoms with Crippen LogP contribution < -0.4 is 4.74 Å². The van der Waals surface area contributed by atoms with Gasteiger partial charge in [0.25, 0.3) is 0 Å². The number of carbonyl (C=O) groups excluding carboxylic acids is 1. The number of nitrogens with zero attached hydrogens (tertiary/aromatic N) is 2. The number of carbonyl (C=O) groups is 1. The topological polar surface area (TPSA) is 44.1 Å². The number of pyridine rings is 1. The zero-order valence-electron chi connectivity index (χ0n) is 20.4. The molecular formula is C31H25ClN2O2S. The van der Waals surface area contributed by atoms with Crippen LogP contribution >= 0.6 is 23.4 Å². The number of benzene rings is 3. The van der Waals surface area contributed by atoms with Crippen LogP contribution in [0.2, 0.25) is 5.02 Å². The Kier molecular flexibility index (Phi) is 6.49. The fourth-order valence-electron chi connectivity index (χ4n) is 4.99. The second kappa shape index (κ2) is 10.1. The Morgan fingerprint density at radius 1 is 1.03 bits per heavy atom. The fourth-order valence-corrected chi connectivity index (χ4v) is 6.39. The van der Waals surface area contributed by atoms with Crippen molar-refractivity contribution < 1.29 is 9.53 Å². The molecule has 6 rings (SSSR count). The summed E-state index contributed by atoms with van der Waals surface area (Å²) in [6.07, 6.45) is 3.76. The molecule has 0 spiro atoms. The third-order valence-corrected chi connectivity index (χ3v) is 8.24. The highest BCUT2D eigenvalue weighted by Crippen LogP contribution is 2.46. The van der Waals surface area contributed by atoms with Crippen molar-refractivity contribution >= 4 is 40.6 Å². The lowest BCUT2D eigenvalue weighted by atomic mass is 10.0. The highest BCUT2D eigenvalue weighted by molar-refractivity contribution is 8.00. The van der Waals surface area contributed by atoms with Gasteiger partial charge in [-0.05, 0) is 47.9 Å². The Hall–Kier alpha value is -3.54. The second-order valence-electron chi connectivity index (χ2n) is 9.31. The number of hydrogen-bond donors (Lipinski definition) is 0. The van der Waals surface area contributed by atoms with Gasteiger partial charge in [0.1, 0.15) is 12.4 Å². The van der Waals surface area contributed by atoms with E-state index in [9.17, 15) is 4.79 Å². The van der Waals surface area contributed by atoms with Crippen LogP contribution in [0.25, 0.3) is 22.0 Å². The average Bonchev–Trinajstić information content (AvgIpc) is 3.22. The molecule has 1 aliphatic heterocycles. The SMILES string of the molecule is CC1Cc2c(OCc3ccc(-c4ccccc4)cn3)ccc3c2c(c(C=O)n3Cc2ccc(Cl)cc2)S1. The lowest BCUT2D eigenvalue weighted by molar-refractivity contribution is 0.111. The van der Waals surface area contributed by atoms with Crippen molar-refractivity contribution in [2.75, 3.05) is 0 Å². The molecule has 0 fully saturated rings. The van der Waals surface area contributed by atoms with E-state index in [4.69, 9.17) is 16.3 Å². The van der Waals surface area contributed by atoms with E-state index >= 15 is 0 Å². The van der Waals surface area contributed by atoms with Gasteiger partial charge < -0.3 is 9.30 Å². The minimum absolute atomic E-state index is 0.341. The molecule has 2 aromatic heterocycles. The molecule has 0 radical (unpaired) electrons. The highest BCUT2D eigenvalue weighted by Gasteiger charge is 2.28. The standard InChI is InChI=1S/C31H25ClN2O2S/c1-20-15-26-29(36-19-25-12-9-23(16-33-25)22-5-3-2-4-6-22)14-13-27-30(26)31(37-20)28(18-35)34(27)17-21-7-10-24(32)11-8-21/h2-14,16,18,20H,15,17,19H2,1H3. The molecule has 37 heavy (non-hydrogen) atoms. The maximum absolute atomic E-state index is 12.3. The predicted octanol–water partition coefficient (Wildman–Crippen LogP) is 7.83. The summed E-state index contributed by atoms with van der Waals surface area (Å²) in [7, 11) is 0. The van der Waals surface area contributed by atoms with Crippen molar-refractivity contribution in [1.82, 2.24) is 9.55 Å². The van der Waals surface area contributed by atoms with Crippen LogP contribution in [-0.4, -0.2) is 21.1 Å². The minimum Gasteiger partial charge on any atom is -0.487 e. The molecule has 3 aromatic carbocycles. The molecule has 0 aliphatic carbocycles. The summed E-state index contributed by atoms with van der Waals surface area (Å²) in [4.78, 5) is 18.0.